The lowest BCUT2D eigenvalue weighted by atomic mass is 10.0. The maximum Gasteiger partial charge on any atom is 0.251 e. The Labute approximate surface area is 162 Å². The number of piperazine rings is 1. The fourth-order valence-corrected chi connectivity index (χ4v) is 3.15. The van der Waals surface area contributed by atoms with Gasteiger partial charge in [0.15, 0.2) is 0 Å². The number of nitrogens with one attached hydrogen (secondary N) is 1. The minimum absolute atomic E-state index is 0.0451. The molecule has 0 radical (unpaired) electrons. The van der Waals surface area contributed by atoms with Gasteiger partial charge in [-0.05, 0) is 65.0 Å². The van der Waals surface area contributed by atoms with Crippen molar-refractivity contribution in [3.8, 4) is 0 Å². The summed E-state index contributed by atoms with van der Waals surface area (Å²) in [5.74, 6) is 0.588. The Hall–Kier alpha value is -2.08. The van der Waals surface area contributed by atoms with Crippen LogP contribution in [0.5, 0.6) is 0 Å². The van der Waals surface area contributed by atoms with Gasteiger partial charge in [-0.3, -0.25) is 9.59 Å². The molecule has 0 unspecified atom stereocenters. The van der Waals surface area contributed by atoms with Crippen LogP contribution >= 0.6 is 0 Å². The minimum Gasteiger partial charge on any atom is -0.368 e. The van der Waals surface area contributed by atoms with E-state index in [1.165, 1.54) is 0 Å². The highest BCUT2D eigenvalue weighted by atomic mass is 16.2. The van der Waals surface area contributed by atoms with E-state index in [1.807, 2.05) is 43.3 Å². The summed E-state index contributed by atoms with van der Waals surface area (Å²) < 4.78 is 0. The van der Waals surface area contributed by atoms with Crippen molar-refractivity contribution in [2.75, 3.05) is 51.7 Å². The molecule has 6 nitrogen and oxygen atoms in total. The summed E-state index contributed by atoms with van der Waals surface area (Å²) in [6.07, 6.45) is 2.13. The molecule has 2 fully saturated rings. The van der Waals surface area contributed by atoms with Gasteiger partial charge in [-0.1, -0.05) is 0 Å². The molecule has 0 atom stereocenters. The van der Waals surface area contributed by atoms with Crippen LogP contribution in [0.3, 0.4) is 0 Å². The molecule has 3 rings (SSSR count). The molecule has 27 heavy (non-hydrogen) atoms. The van der Waals surface area contributed by atoms with Crippen LogP contribution in [-0.2, 0) is 4.79 Å². The molecule has 0 aromatic heterocycles. The Morgan fingerprint density at radius 1 is 1.07 bits per heavy atom. The third-order valence-electron chi connectivity index (χ3n) is 5.90. The van der Waals surface area contributed by atoms with Gasteiger partial charge >= 0.3 is 0 Å². The van der Waals surface area contributed by atoms with E-state index >= 15 is 0 Å². The van der Waals surface area contributed by atoms with Crippen LogP contribution in [-0.4, -0.2) is 74.0 Å². The third kappa shape index (κ3) is 4.80. The number of rotatable bonds is 6. The predicted octanol–water partition coefficient (Wildman–Crippen LogP) is 1.82. The highest BCUT2D eigenvalue weighted by Gasteiger charge is 2.34. The SMILES string of the molecule is CN(C)C(C)(C)CNC(=O)c1ccc(N2CCN(C(=O)C3CC3)CC2)cc1. The predicted molar refractivity (Wildman–Crippen MR) is 108 cm³/mol. The number of hydrogen-bond acceptors (Lipinski definition) is 4. The van der Waals surface area contributed by atoms with Crippen molar-refractivity contribution in [1.82, 2.24) is 15.1 Å². The summed E-state index contributed by atoms with van der Waals surface area (Å²) in [6.45, 7) is 8.07. The lowest BCUT2D eigenvalue weighted by molar-refractivity contribution is -0.132. The van der Waals surface area contributed by atoms with Gasteiger partial charge < -0.3 is 20.0 Å². The Kier molecular flexibility index (Phi) is 5.75. The summed E-state index contributed by atoms with van der Waals surface area (Å²) in [4.78, 5) is 30.9. The number of hydrogen-bond donors (Lipinski definition) is 1. The average Bonchev–Trinajstić information content (AvgIpc) is 3.51. The molecule has 148 valence electrons. The number of anilines is 1. The Balaban J connectivity index is 1.51. The van der Waals surface area contributed by atoms with Crippen molar-refractivity contribution in [2.45, 2.75) is 32.2 Å². The van der Waals surface area contributed by atoms with Crippen molar-refractivity contribution in [3.05, 3.63) is 29.8 Å². The monoisotopic (exact) mass is 372 g/mol. The molecule has 1 aromatic carbocycles. The van der Waals surface area contributed by atoms with Crippen LogP contribution in [0.15, 0.2) is 24.3 Å². The molecule has 1 N–H and O–H groups in total. The maximum absolute atomic E-state index is 12.4. The first-order chi connectivity index (χ1) is 12.8. The quantitative estimate of drug-likeness (QED) is 0.828. The molecular weight excluding hydrogens is 340 g/mol. The van der Waals surface area contributed by atoms with Gasteiger partial charge in [0, 0.05) is 55.4 Å². The normalized spacial score (nSPS) is 18.0. The molecule has 1 aliphatic heterocycles. The molecule has 0 bridgehead atoms. The zero-order valence-electron chi connectivity index (χ0n) is 17.0. The number of benzene rings is 1. The van der Waals surface area contributed by atoms with Crippen molar-refractivity contribution >= 4 is 17.5 Å². The molecule has 1 heterocycles. The van der Waals surface area contributed by atoms with Crippen LogP contribution in [0.25, 0.3) is 0 Å². The van der Waals surface area contributed by atoms with E-state index in [1.54, 1.807) is 0 Å². The van der Waals surface area contributed by atoms with Crippen LogP contribution in [0, 0.1) is 5.92 Å². The second kappa shape index (κ2) is 7.89. The molecular formula is C21H32N4O2. The summed E-state index contributed by atoms with van der Waals surface area (Å²) in [7, 11) is 4.03. The topological polar surface area (TPSA) is 55.9 Å². The van der Waals surface area contributed by atoms with E-state index in [0.29, 0.717) is 23.9 Å². The van der Waals surface area contributed by atoms with Gasteiger partial charge in [0.1, 0.15) is 0 Å². The van der Waals surface area contributed by atoms with E-state index in [2.05, 4.69) is 29.0 Å². The van der Waals surface area contributed by atoms with Gasteiger partial charge in [-0.25, -0.2) is 0 Å². The van der Waals surface area contributed by atoms with Crippen LogP contribution < -0.4 is 10.2 Å². The van der Waals surface area contributed by atoms with Crippen LogP contribution in [0.2, 0.25) is 0 Å². The Morgan fingerprint density at radius 2 is 1.67 bits per heavy atom. The Bertz CT molecular complexity index is 672. The van der Waals surface area contributed by atoms with Gasteiger partial charge in [-0.2, -0.15) is 0 Å². The summed E-state index contributed by atoms with van der Waals surface area (Å²) in [5, 5.41) is 3.02. The average molecular weight is 373 g/mol. The standard InChI is InChI=1S/C21H32N4O2/c1-21(2,23(3)4)15-22-19(26)16-7-9-18(10-8-16)24-11-13-25(14-12-24)20(27)17-5-6-17/h7-10,17H,5-6,11-15H2,1-4H3,(H,22,26). The summed E-state index contributed by atoms with van der Waals surface area (Å²) in [6, 6.07) is 7.78. The third-order valence-corrected chi connectivity index (χ3v) is 5.90. The molecule has 2 amide bonds. The van der Waals surface area contributed by atoms with E-state index in [-0.39, 0.29) is 11.4 Å². The van der Waals surface area contributed by atoms with Crippen molar-refractivity contribution in [1.29, 1.82) is 0 Å². The van der Waals surface area contributed by atoms with E-state index in [4.69, 9.17) is 0 Å². The summed E-state index contributed by atoms with van der Waals surface area (Å²) in [5.41, 5.74) is 1.70. The van der Waals surface area contributed by atoms with Gasteiger partial charge in [0.05, 0.1) is 0 Å². The maximum atomic E-state index is 12.4. The number of nitrogens with zero attached hydrogens (tertiary/aromatic N) is 3. The lowest BCUT2D eigenvalue weighted by Crippen LogP contribution is -2.49. The molecule has 6 heteroatoms. The number of likely N-dealkylation sites (N-methyl/N-ethyl adjacent to an activating group) is 1. The number of carbonyl (C=O) groups is 2. The van der Waals surface area contributed by atoms with Gasteiger partial charge in [0.25, 0.3) is 5.91 Å². The highest BCUT2D eigenvalue weighted by molar-refractivity contribution is 5.94. The smallest absolute Gasteiger partial charge is 0.251 e. The van der Waals surface area contributed by atoms with E-state index in [9.17, 15) is 9.59 Å². The van der Waals surface area contributed by atoms with Gasteiger partial charge in [-0.15, -0.1) is 0 Å². The minimum atomic E-state index is -0.0901. The first kappa shape index (κ1) is 19.7. The molecule has 1 aliphatic carbocycles. The van der Waals surface area contributed by atoms with E-state index < -0.39 is 0 Å². The second-order valence-corrected chi connectivity index (χ2v) is 8.52. The summed E-state index contributed by atoms with van der Waals surface area (Å²) >= 11 is 0. The molecule has 2 aliphatic rings. The molecule has 1 saturated heterocycles. The number of carbonyl (C=O) groups excluding carboxylic acids is 2. The van der Waals surface area contributed by atoms with Crippen LogP contribution in [0.1, 0.15) is 37.0 Å². The van der Waals surface area contributed by atoms with E-state index in [0.717, 1.165) is 44.7 Å². The fraction of sp³-hybridized carbons (Fsp3) is 0.619. The Morgan fingerprint density at radius 3 is 2.19 bits per heavy atom. The lowest BCUT2D eigenvalue weighted by Gasteiger charge is -2.36. The van der Waals surface area contributed by atoms with Crippen molar-refractivity contribution in [3.63, 3.8) is 0 Å². The largest absolute Gasteiger partial charge is 0.368 e. The molecule has 1 saturated carbocycles. The molecule has 0 spiro atoms. The first-order valence-corrected chi connectivity index (χ1v) is 9.87. The van der Waals surface area contributed by atoms with Crippen LogP contribution in [0.4, 0.5) is 5.69 Å². The van der Waals surface area contributed by atoms with Gasteiger partial charge in [0.2, 0.25) is 5.91 Å². The highest BCUT2D eigenvalue weighted by Crippen LogP contribution is 2.31. The fourth-order valence-electron chi connectivity index (χ4n) is 3.15. The van der Waals surface area contributed by atoms with Crippen molar-refractivity contribution in [2.24, 2.45) is 5.92 Å². The molecule has 1 aromatic rings. The zero-order valence-corrected chi connectivity index (χ0v) is 17.0. The number of amides is 2. The second-order valence-electron chi connectivity index (χ2n) is 8.52. The first-order valence-electron chi connectivity index (χ1n) is 9.87. The van der Waals surface area contributed by atoms with Crippen molar-refractivity contribution < 1.29 is 9.59 Å². The zero-order chi connectivity index (χ0) is 19.6.